The Morgan fingerprint density at radius 2 is 1.44 bits per heavy atom. The average molecular weight is 580 g/mol. The number of hydrogen-bond acceptors (Lipinski definition) is 3. The first-order chi connectivity index (χ1) is 19.1. The van der Waals surface area contributed by atoms with E-state index in [1.807, 2.05) is 30.3 Å². The summed E-state index contributed by atoms with van der Waals surface area (Å²) in [6.07, 6.45) is 1.91. The van der Waals surface area contributed by atoms with E-state index in [4.69, 9.17) is 5.10 Å². The molecule has 1 fully saturated rings. The van der Waals surface area contributed by atoms with Gasteiger partial charge < -0.3 is 10.2 Å². The van der Waals surface area contributed by atoms with E-state index in [0.29, 0.717) is 5.82 Å². The number of carbonyl (C=O) groups is 1. The van der Waals surface area contributed by atoms with Crippen LogP contribution in [0.2, 0.25) is 0 Å². The molecule has 2 heterocycles. The van der Waals surface area contributed by atoms with Crippen LogP contribution in [0.25, 0.3) is 10.9 Å². The van der Waals surface area contributed by atoms with Crippen molar-refractivity contribution in [1.82, 2.24) is 14.7 Å². The fourth-order valence-electron chi connectivity index (χ4n) is 5.94. The molecule has 39 heavy (non-hydrogen) atoms. The van der Waals surface area contributed by atoms with E-state index < -0.39 is 5.54 Å². The minimum atomic E-state index is -0.774. The van der Waals surface area contributed by atoms with Gasteiger partial charge in [-0.1, -0.05) is 107 Å². The average Bonchev–Trinajstić information content (AvgIpc) is 3.32. The van der Waals surface area contributed by atoms with Crippen LogP contribution in [0.5, 0.6) is 0 Å². The molecular formula is C33H31BrN4O. The SMILES string of the molecule is CN1CCCC(C(=O)Nc2nn(C(c3ccccc3)(c3ccccc3)c3ccccc3)c3ccc(Br)cc23)C1. The van der Waals surface area contributed by atoms with Crippen molar-refractivity contribution >= 4 is 38.6 Å². The number of fused-ring (bicyclic) bond motifs is 1. The Hall–Kier alpha value is -3.74. The molecule has 1 aliphatic rings. The Balaban J connectivity index is 1.61. The van der Waals surface area contributed by atoms with Gasteiger partial charge in [0.25, 0.3) is 0 Å². The lowest BCUT2D eigenvalue weighted by molar-refractivity contribution is -0.121. The zero-order valence-electron chi connectivity index (χ0n) is 21.9. The van der Waals surface area contributed by atoms with Crippen molar-refractivity contribution < 1.29 is 4.79 Å². The van der Waals surface area contributed by atoms with Gasteiger partial charge >= 0.3 is 0 Å². The quantitative estimate of drug-likeness (QED) is 0.222. The third-order valence-electron chi connectivity index (χ3n) is 7.77. The summed E-state index contributed by atoms with van der Waals surface area (Å²) in [6, 6.07) is 37.6. The monoisotopic (exact) mass is 578 g/mol. The van der Waals surface area contributed by atoms with E-state index in [1.165, 1.54) is 0 Å². The molecule has 1 amide bonds. The summed E-state index contributed by atoms with van der Waals surface area (Å²) < 4.78 is 3.03. The fraction of sp³-hybridized carbons (Fsp3) is 0.212. The maximum Gasteiger partial charge on any atom is 0.229 e. The van der Waals surface area contributed by atoms with E-state index in [9.17, 15) is 4.79 Å². The summed E-state index contributed by atoms with van der Waals surface area (Å²) in [6.45, 7) is 1.79. The van der Waals surface area contributed by atoms with Crippen LogP contribution in [0.3, 0.4) is 0 Å². The van der Waals surface area contributed by atoms with Crippen LogP contribution >= 0.6 is 15.9 Å². The molecule has 0 bridgehead atoms. The standard InChI is InChI=1S/C33H31BrN4O/c1-37-21-11-12-24(23-37)32(39)35-31-29-22-28(34)19-20-30(29)38(36-31)33(25-13-5-2-6-14-25,26-15-7-3-8-16-26)27-17-9-4-10-18-27/h2-10,13-20,22,24H,11-12,21,23H2,1H3,(H,35,36,39). The van der Waals surface area contributed by atoms with Gasteiger partial charge in [0.1, 0.15) is 5.54 Å². The van der Waals surface area contributed by atoms with Crippen LogP contribution < -0.4 is 5.32 Å². The van der Waals surface area contributed by atoms with Crippen LogP contribution in [0, 0.1) is 5.92 Å². The second-order valence-corrected chi connectivity index (χ2v) is 11.2. The third kappa shape index (κ3) is 4.68. The predicted molar refractivity (Wildman–Crippen MR) is 161 cm³/mol. The minimum Gasteiger partial charge on any atom is -0.308 e. The number of amides is 1. The molecule has 1 aromatic heterocycles. The number of hydrogen-bond donors (Lipinski definition) is 1. The molecule has 0 spiro atoms. The van der Waals surface area contributed by atoms with Crippen LogP contribution in [-0.2, 0) is 10.3 Å². The molecule has 0 radical (unpaired) electrons. The largest absolute Gasteiger partial charge is 0.308 e. The van der Waals surface area contributed by atoms with Gasteiger partial charge in [-0.3, -0.25) is 4.79 Å². The van der Waals surface area contributed by atoms with E-state index in [1.54, 1.807) is 0 Å². The molecule has 0 saturated carbocycles. The highest BCUT2D eigenvalue weighted by molar-refractivity contribution is 9.10. The summed E-state index contributed by atoms with van der Waals surface area (Å²) in [5.41, 5.74) is 3.42. The number of piperidine rings is 1. The number of carbonyl (C=O) groups excluding carboxylic acids is 1. The first-order valence-electron chi connectivity index (χ1n) is 13.4. The number of halogens is 1. The molecule has 196 valence electrons. The summed E-state index contributed by atoms with van der Waals surface area (Å²) in [4.78, 5) is 15.7. The Kier molecular flexibility index (Phi) is 7.07. The fourth-order valence-corrected chi connectivity index (χ4v) is 6.30. The first kappa shape index (κ1) is 25.5. The molecule has 1 N–H and O–H groups in total. The zero-order valence-corrected chi connectivity index (χ0v) is 23.5. The minimum absolute atomic E-state index is 0.0257. The van der Waals surface area contributed by atoms with Gasteiger partial charge in [-0.05, 0) is 61.3 Å². The number of nitrogens with zero attached hydrogens (tertiary/aromatic N) is 3. The third-order valence-corrected chi connectivity index (χ3v) is 8.26. The van der Waals surface area contributed by atoms with Gasteiger partial charge in [0.2, 0.25) is 5.91 Å². The number of nitrogens with one attached hydrogen (secondary N) is 1. The van der Waals surface area contributed by atoms with Crippen LogP contribution in [0.4, 0.5) is 5.82 Å². The number of anilines is 1. The summed E-state index contributed by atoms with van der Waals surface area (Å²) >= 11 is 3.66. The molecule has 4 aromatic carbocycles. The van der Waals surface area contributed by atoms with E-state index >= 15 is 0 Å². The van der Waals surface area contributed by atoms with Crippen LogP contribution in [-0.4, -0.2) is 40.7 Å². The lowest BCUT2D eigenvalue weighted by Gasteiger charge is -2.37. The Labute approximate surface area is 237 Å². The van der Waals surface area contributed by atoms with E-state index in [0.717, 1.165) is 58.0 Å². The maximum atomic E-state index is 13.5. The molecule has 6 heteroatoms. The number of rotatable bonds is 6. The second-order valence-electron chi connectivity index (χ2n) is 10.3. The van der Waals surface area contributed by atoms with Crippen molar-refractivity contribution in [3.63, 3.8) is 0 Å². The van der Waals surface area contributed by atoms with Crippen molar-refractivity contribution in [2.75, 3.05) is 25.5 Å². The number of benzene rings is 4. The summed E-state index contributed by atoms with van der Waals surface area (Å²) in [5, 5.41) is 9.36. The van der Waals surface area contributed by atoms with Gasteiger partial charge in [0, 0.05) is 16.4 Å². The molecule has 1 unspecified atom stereocenters. The molecule has 6 rings (SSSR count). The van der Waals surface area contributed by atoms with Gasteiger partial charge in [-0.15, -0.1) is 0 Å². The molecule has 1 atom stereocenters. The predicted octanol–water partition coefficient (Wildman–Crippen LogP) is 6.92. The normalized spacial score (nSPS) is 16.3. The number of aromatic nitrogens is 2. The number of likely N-dealkylation sites (tertiary alicyclic amines) is 1. The zero-order chi connectivity index (χ0) is 26.8. The Morgan fingerprint density at radius 1 is 0.872 bits per heavy atom. The van der Waals surface area contributed by atoms with Gasteiger partial charge in [-0.25, -0.2) is 4.68 Å². The van der Waals surface area contributed by atoms with Crippen molar-refractivity contribution in [2.24, 2.45) is 5.92 Å². The Morgan fingerprint density at radius 3 is 1.97 bits per heavy atom. The molecular weight excluding hydrogens is 548 g/mol. The van der Waals surface area contributed by atoms with Gasteiger partial charge in [0.05, 0.1) is 11.4 Å². The van der Waals surface area contributed by atoms with Gasteiger partial charge in [0.15, 0.2) is 5.82 Å². The molecule has 5 nitrogen and oxygen atoms in total. The van der Waals surface area contributed by atoms with Crippen molar-refractivity contribution in [2.45, 2.75) is 18.4 Å². The van der Waals surface area contributed by atoms with Gasteiger partial charge in [-0.2, -0.15) is 5.10 Å². The van der Waals surface area contributed by atoms with Crippen molar-refractivity contribution in [3.8, 4) is 0 Å². The van der Waals surface area contributed by atoms with Crippen LogP contribution in [0.1, 0.15) is 29.5 Å². The highest BCUT2D eigenvalue weighted by Crippen LogP contribution is 2.43. The summed E-state index contributed by atoms with van der Waals surface area (Å²) in [5.74, 6) is 0.549. The highest BCUT2D eigenvalue weighted by atomic mass is 79.9. The van der Waals surface area contributed by atoms with Crippen LogP contribution in [0.15, 0.2) is 114 Å². The van der Waals surface area contributed by atoms with E-state index in [-0.39, 0.29) is 11.8 Å². The molecule has 0 aliphatic carbocycles. The lowest BCUT2D eigenvalue weighted by Crippen LogP contribution is -2.39. The smallest absolute Gasteiger partial charge is 0.229 e. The molecule has 1 saturated heterocycles. The maximum absolute atomic E-state index is 13.5. The Bertz CT molecular complexity index is 1490. The lowest BCUT2D eigenvalue weighted by atomic mass is 9.77. The first-order valence-corrected chi connectivity index (χ1v) is 14.2. The molecule has 5 aromatic rings. The topological polar surface area (TPSA) is 50.2 Å². The van der Waals surface area contributed by atoms with Crippen molar-refractivity contribution in [3.05, 3.63) is 130 Å². The second kappa shape index (κ2) is 10.8. The van der Waals surface area contributed by atoms with E-state index in [2.05, 4.69) is 117 Å². The summed E-state index contributed by atoms with van der Waals surface area (Å²) in [7, 11) is 2.08. The van der Waals surface area contributed by atoms with Crippen molar-refractivity contribution in [1.29, 1.82) is 0 Å². The highest BCUT2D eigenvalue weighted by Gasteiger charge is 2.41. The molecule has 1 aliphatic heterocycles.